The van der Waals surface area contributed by atoms with E-state index < -0.39 is 0 Å². The normalized spacial score (nSPS) is 14.1. The van der Waals surface area contributed by atoms with E-state index in [0.717, 1.165) is 36.2 Å². The molecule has 1 fully saturated rings. The number of hydrogen-bond donors (Lipinski definition) is 1. The molecule has 0 radical (unpaired) electrons. The van der Waals surface area contributed by atoms with Gasteiger partial charge in [-0.15, -0.1) is 5.10 Å². The molecule has 110 valence electrons. The maximum absolute atomic E-state index is 12.8. The molecule has 1 saturated carbocycles. The van der Waals surface area contributed by atoms with Gasteiger partial charge in [-0.05, 0) is 42.4 Å². The number of carbonyl (C=O) groups excluding carboxylic acids is 1. The topological polar surface area (TPSA) is 72.1 Å². The highest BCUT2D eigenvalue weighted by Gasteiger charge is 2.35. The molecule has 21 heavy (non-hydrogen) atoms. The Morgan fingerprint density at radius 1 is 1.43 bits per heavy atom. The van der Waals surface area contributed by atoms with Crippen molar-refractivity contribution in [2.45, 2.75) is 38.8 Å². The van der Waals surface area contributed by atoms with Crippen molar-refractivity contribution in [2.24, 2.45) is 0 Å². The van der Waals surface area contributed by atoms with Gasteiger partial charge >= 0.3 is 0 Å². The molecule has 0 atom stereocenters. The first-order valence-electron chi connectivity index (χ1n) is 7.16. The summed E-state index contributed by atoms with van der Waals surface area (Å²) in [5, 5.41) is 4.04. The van der Waals surface area contributed by atoms with Crippen molar-refractivity contribution in [3.63, 3.8) is 0 Å². The molecule has 0 aliphatic heterocycles. The van der Waals surface area contributed by atoms with Gasteiger partial charge in [-0.3, -0.25) is 4.79 Å². The molecule has 1 aliphatic carbocycles. The molecule has 0 bridgehead atoms. The van der Waals surface area contributed by atoms with Crippen LogP contribution in [0.5, 0.6) is 0 Å². The Hall–Kier alpha value is -1.95. The van der Waals surface area contributed by atoms with E-state index in [4.69, 9.17) is 5.73 Å². The molecule has 1 aromatic carbocycles. The Kier molecular flexibility index (Phi) is 3.88. The van der Waals surface area contributed by atoms with Gasteiger partial charge in [0.2, 0.25) is 0 Å². The number of anilines is 1. The Morgan fingerprint density at radius 3 is 2.86 bits per heavy atom. The number of nitrogens with zero attached hydrogens (tertiary/aromatic N) is 3. The first-order chi connectivity index (χ1) is 10.2. The van der Waals surface area contributed by atoms with Gasteiger partial charge in [-0.1, -0.05) is 29.6 Å². The number of aryl methyl sites for hydroxylation is 1. The first-order valence-corrected chi connectivity index (χ1v) is 7.93. The lowest BCUT2D eigenvalue weighted by Crippen LogP contribution is -2.33. The second kappa shape index (κ2) is 5.81. The van der Waals surface area contributed by atoms with E-state index >= 15 is 0 Å². The molecule has 1 heterocycles. The van der Waals surface area contributed by atoms with Crippen LogP contribution in [-0.4, -0.2) is 26.4 Å². The molecule has 1 aliphatic rings. The lowest BCUT2D eigenvalue weighted by atomic mass is 10.1. The summed E-state index contributed by atoms with van der Waals surface area (Å²) in [7, 11) is 0. The van der Waals surface area contributed by atoms with Crippen LogP contribution in [0.25, 0.3) is 0 Å². The number of para-hydroxylation sites is 1. The summed E-state index contributed by atoms with van der Waals surface area (Å²) >= 11 is 1.19. The van der Waals surface area contributed by atoms with Crippen LogP contribution in [-0.2, 0) is 13.0 Å². The minimum absolute atomic E-state index is 0.0348. The Labute approximate surface area is 127 Å². The smallest absolute Gasteiger partial charge is 0.268 e. The Balaban J connectivity index is 1.85. The summed E-state index contributed by atoms with van der Waals surface area (Å²) < 4.78 is 3.92. The van der Waals surface area contributed by atoms with Gasteiger partial charge in [0.25, 0.3) is 5.91 Å². The van der Waals surface area contributed by atoms with E-state index in [9.17, 15) is 4.79 Å². The highest BCUT2D eigenvalue weighted by atomic mass is 32.1. The van der Waals surface area contributed by atoms with Crippen LogP contribution in [0.2, 0.25) is 0 Å². The first kappa shape index (κ1) is 14.0. The fraction of sp³-hybridized carbons (Fsp3) is 0.400. The minimum atomic E-state index is 0.0348. The third-order valence-corrected chi connectivity index (χ3v) is 4.49. The number of nitrogen functional groups attached to an aromatic ring is 1. The summed E-state index contributed by atoms with van der Waals surface area (Å²) in [4.78, 5) is 15.4. The van der Waals surface area contributed by atoms with E-state index in [0.29, 0.717) is 17.5 Å². The lowest BCUT2D eigenvalue weighted by molar-refractivity contribution is 0.0734. The summed E-state index contributed by atoms with van der Waals surface area (Å²) in [5.74, 6) is 0.0348. The maximum atomic E-state index is 12.8. The molecular formula is C15H18N4OS. The van der Waals surface area contributed by atoms with Crippen LogP contribution in [0, 0.1) is 0 Å². The third kappa shape index (κ3) is 2.90. The van der Waals surface area contributed by atoms with Crippen LogP contribution < -0.4 is 5.73 Å². The average Bonchev–Trinajstić information content (AvgIpc) is 3.22. The van der Waals surface area contributed by atoms with Crippen molar-refractivity contribution < 1.29 is 4.79 Å². The zero-order chi connectivity index (χ0) is 14.8. The van der Waals surface area contributed by atoms with Crippen LogP contribution in [0.1, 0.15) is 40.7 Å². The molecule has 1 amide bonds. The van der Waals surface area contributed by atoms with Gasteiger partial charge in [0.05, 0.1) is 5.69 Å². The molecule has 2 aromatic rings. The quantitative estimate of drug-likeness (QED) is 0.861. The number of aromatic nitrogens is 2. The zero-order valence-corrected chi connectivity index (χ0v) is 12.8. The predicted octanol–water partition coefficient (Wildman–Crippen LogP) is 2.49. The van der Waals surface area contributed by atoms with E-state index in [1.165, 1.54) is 11.5 Å². The van der Waals surface area contributed by atoms with Crippen LogP contribution in [0.4, 0.5) is 5.69 Å². The van der Waals surface area contributed by atoms with E-state index in [1.54, 1.807) is 0 Å². The van der Waals surface area contributed by atoms with Crippen molar-refractivity contribution >= 4 is 23.1 Å². The molecular weight excluding hydrogens is 284 g/mol. The second-order valence-electron chi connectivity index (χ2n) is 5.27. The number of hydrogen-bond acceptors (Lipinski definition) is 5. The van der Waals surface area contributed by atoms with Crippen LogP contribution in [0.15, 0.2) is 24.3 Å². The Bertz CT molecular complexity index is 651. The van der Waals surface area contributed by atoms with Crippen LogP contribution in [0.3, 0.4) is 0 Å². The van der Waals surface area contributed by atoms with Gasteiger partial charge in [-0.2, -0.15) is 0 Å². The van der Waals surface area contributed by atoms with Crippen molar-refractivity contribution in [3.05, 3.63) is 40.4 Å². The molecule has 5 nitrogen and oxygen atoms in total. The van der Waals surface area contributed by atoms with E-state index in [-0.39, 0.29) is 5.91 Å². The molecule has 0 unspecified atom stereocenters. The fourth-order valence-corrected chi connectivity index (χ4v) is 3.05. The van der Waals surface area contributed by atoms with Gasteiger partial charge < -0.3 is 10.6 Å². The highest BCUT2D eigenvalue weighted by Crippen LogP contribution is 2.31. The molecule has 0 saturated heterocycles. The van der Waals surface area contributed by atoms with Gasteiger partial charge in [0.15, 0.2) is 0 Å². The monoisotopic (exact) mass is 302 g/mol. The number of nitrogens with two attached hydrogens (primary N) is 1. The van der Waals surface area contributed by atoms with Crippen molar-refractivity contribution in [2.75, 3.05) is 5.73 Å². The average molecular weight is 302 g/mol. The van der Waals surface area contributed by atoms with Crippen LogP contribution >= 0.6 is 11.5 Å². The van der Waals surface area contributed by atoms with Gasteiger partial charge in [0, 0.05) is 18.3 Å². The number of carbonyl (C=O) groups is 1. The number of amides is 1. The SMILES string of the molecule is CCc1nnsc1C(=O)N(Cc1ccccc1N)C1CC1. The summed E-state index contributed by atoms with van der Waals surface area (Å²) in [6.07, 6.45) is 2.85. The minimum Gasteiger partial charge on any atom is -0.398 e. The van der Waals surface area contributed by atoms with Crippen molar-refractivity contribution in [3.8, 4) is 0 Å². The maximum Gasteiger partial charge on any atom is 0.268 e. The highest BCUT2D eigenvalue weighted by molar-refractivity contribution is 7.08. The third-order valence-electron chi connectivity index (χ3n) is 3.73. The number of benzene rings is 1. The standard InChI is InChI=1S/C15H18N4OS/c1-2-13-14(21-18-17-13)15(20)19(11-7-8-11)9-10-5-3-4-6-12(10)16/h3-6,11H,2,7-9,16H2,1H3. The van der Waals surface area contributed by atoms with E-state index in [2.05, 4.69) is 9.59 Å². The second-order valence-corrected chi connectivity index (χ2v) is 6.02. The van der Waals surface area contributed by atoms with Crippen molar-refractivity contribution in [1.82, 2.24) is 14.5 Å². The fourth-order valence-electron chi connectivity index (χ4n) is 2.35. The van der Waals surface area contributed by atoms with Gasteiger partial charge in [-0.25, -0.2) is 0 Å². The largest absolute Gasteiger partial charge is 0.398 e. The van der Waals surface area contributed by atoms with Gasteiger partial charge in [0.1, 0.15) is 4.88 Å². The lowest BCUT2D eigenvalue weighted by Gasteiger charge is -2.22. The van der Waals surface area contributed by atoms with Crippen molar-refractivity contribution in [1.29, 1.82) is 0 Å². The zero-order valence-electron chi connectivity index (χ0n) is 12.0. The molecule has 6 heteroatoms. The number of rotatable bonds is 5. The Morgan fingerprint density at radius 2 is 2.19 bits per heavy atom. The van der Waals surface area contributed by atoms with E-state index in [1.807, 2.05) is 36.1 Å². The molecule has 1 aromatic heterocycles. The summed E-state index contributed by atoms with van der Waals surface area (Å²) in [6, 6.07) is 8.03. The molecule has 3 rings (SSSR count). The molecule has 0 spiro atoms. The predicted molar refractivity (Wildman–Crippen MR) is 83.0 cm³/mol. The summed E-state index contributed by atoms with van der Waals surface area (Å²) in [6.45, 7) is 2.54. The molecule has 2 N–H and O–H groups in total. The summed E-state index contributed by atoms with van der Waals surface area (Å²) in [5.41, 5.74) is 8.52.